The van der Waals surface area contributed by atoms with E-state index in [1.807, 2.05) is 0 Å². The third kappa shape index (κ3) is 4.36. The molecule has 0 spiro atoms. The quantitative estimate of drug-likeness (QED) is 0.207. The molecule has 23 heavy (non-hydrogen) atoms. The van der Waals surface area contributed by atoms with E-state index >= 15 is 0 Å². The second-order valence-electron chi connectivity index (χ2n) is 3.80. The highest BCUT2D eigenvalue weighted by atomic mass is 127. The zero-order chi connectivity index (χ0) is 17.7. The molecule has 0 radical (unpaired) electrons. The average molecular weight is 565 g/mol. The van der Waals surface area contributed by atoms with Gasteiger partial charge in [-0.05, 0) is 29.5 Å². The van der Waals surface area contributed by atoms with Gasteiger partial charge in [0.1, 0.15) is 9.79 Å². The maximum absolute atomic E-state index is 11.4. The minimum absolute atomic E-state index is 0. The third-order valence-corrected chi connectivity index (χ3v) is 7.19. The lowest BCUT2D eigenvalue weighted by atomic mass is 10.2. The summed E-state index contributed by atoms with van der Waals surface area (Å²) in [5, 5.41) is 8.83. The number of diazo groups is 1. The molecule has 0 unspecified atom stereocenters. The molecule has 0 fully saturated rings. The Morgan fingerprint density at radius 1 is 0.870 bits per heavy atom. The number of benzene rings is 1. The molecule has 11 nitrogen and oxygen atoms in total. The summed E-state index contributed by atoms with van der Waals surface area (Å²) >= 11 is 1.04. The van der Waals surface area contributed by atoms with Gasteiger partial charge in [-0.25, -0.2) is 0 Å². The first-order chi connectivity index (χ1) is 9.64. The van der Waals surface area contributed by atoms with Crippen LogP contribution in [0.5, 0.6) is 0 Å². The van der Waals surface area contributed by atoms with Crippen LogP contribution >= 0.6 is 22.6 Å². The minimum Gasteiger partial charge on any atom is -1.00 e. The first-order valence-corrected chi connectivity index (χ1v) is 10.2. The van der Waals surface area contributed by atoms with Crippen molar-refractivity contribution >= 4 is 58.6 Å². The maximum Gasteiger partial charge on any atom is 0.411 e. The second-order valence-corrected chi connectivity index (χ2v) is 8.95. The molecule has 0 amide bonds. The summed E-state index contributed by atoms with van der Waals surface area (Å²) in [4.78, 5) is -1.73. The normalized spacial score (nSPS) is 12.3. The molecule has 0 heterocycles. The summed E-state index contributed by atoms with van der Waals surface area (Å²) in [6.45, 7) is 0.892. The molecule has 16 heteroatoms. The van der Waals surface area contributed by atoms with Crippen LogP contribution in [0.4, 0.5) is 5.69 Å². The van der Waals surface area contributed by atoms with Crippen molar-refractivity contribution in [2.24, 2.45) is 0 Å². The number of nitrogens with zero attached hydrogens (tertiary/aromatic N) is 2. The van der Waals surface area contributed by atoms with E-state index in [2.05, 4.69) is 4.98 Å². The first kappa shape index (κ1) is 22.6. The molecule has 1 aromatic carbocycles. The van der Waals surface area contributed by atoms with Gasteiger partial charge in [-0.2, -0.15) is 25.3 Å². The third-order valence-electron chi connectivity index (χ3n) is 2.39. The highest BCUT2D eigenvalue weighted by molar-refractivity contribution is 14.1. The molecule has 130 valence electrons. The van der Waals surface area contributed by atoms with E-state index < -0.39 is 59.9 Å². The molecule has 0 aliphatic carbocycles. The molecule has 3 N–H and O–H groups in total. The van der Waals surface area contributed by atoms with Crippen LogP contribution in [0, 0.1) is 15.9 Å². The van der Waals surface area contributed by atoms with Gasteiger partial charge >= 0.3 is 15.8 Å². The Morgan fingerprint density at radius 2 is 1.22 bits per heavy atom. The molecule has 0 aromatic heterocycles. The van der Waals surface area contributed by atoms with E-state index in [1.165, 1.54) is 0 Å². The van der Waals surface area contributed by atoms with Crippen LogP contribution in [0.2, 0.25) is 0 Å². The molecule has 0 saturated carbocycles. The standard InChI is InChI=1S/C7H5IN2O9S3.BrH/c1-2-4(10-9)7(22(17,18)19)6(21(14,15)16)3(8)5(2)20(11,12)13;/h1H3,(H2-,11,12,13,14,15,16,17,18,19);1H. The van der Waals surface area contributed by atoms with Crippen molar-refractivity contribution in [1.82, 2.24) is 0 Å². The van der Waals surface area contributed by atoms with Gasteiger partial charge in [0.25, 0.3) is 20.2 Å². The van der Waals surface area contributed by atoms with Crippen LogP contribution < -0.4 is 17.0 Å². The fraction of sp³-hybridized carbons (Fsp3) is 0.143. The summed E-state index contributed by atoms with van der Waals surface area (Å²) in [5.74, 6) is 0. The van der Waals surface area contributed by atoms with E-state index in [-0.39, 0.29) is 17.0 Å². The second kappa shape index (κ2) is 6.83. The Bertz CT molecular complexity index is 1020. The summed E-state index contributed by atoms with van der Waals surface area (Å²) < 4.78 is 94.4. The van der Waals surface area contributed by atoms with Crippen LogP contribution in [-0.2, 0) is 30.4 Å². The van der Waals surface area contributed by atoms with Crippen LogP contribution in [0.1, 0.15) is 5.56 Å². The molecular formula is C7H6BrIN2O9S3. The lowest BCUT2D eigenvalue weighted by Crippen LogP contribution is -3.00. The van der Waals surface area contributed by atoms with Crippen molar-refractivity contribution in [3.63, 3.8) is 0 Å². The monoisotopic (exact) mass is 564 g/mol. The fourth-order valence-electron chi connectivity index (χ4n) is 1.65. The van der Waals surface area contributed by atoms with E-state index in [1.54, 1.807) is 0 Å². The van der Waals surface area contributed by atoms with Gasteiger partial charge in [0.05, 0.1) is 9.13 Å². The summed E-state index contributed by atoms with van der Waals surface area (Å²) in [5.41, 5.74) is -1.82. The Balaban J connectivity index is 0.00000484. The lowest BCUT2D eigenvalue weighted by Gasteiger charge is -2.10. The zero-order valence-electron chi connectivity index (χ0n) is 10.7. The number of halogens is 2. The van der Waals surface area contributed by atoms with Crippen molar-refractivity contribution in [1.29, 1.82) is 5.39 Å². The molecule has 1 rings (SSSR count). The van der Waals surface area contributed by atoms with Crippen LogP contribution in [0.25, 0.3) is 4.98 Å². The van der Waals surface area contributed by atoms with Crippen LogP contribution in [-0.4, -0.2) is 38.9 Å². The molecule has 0 atom stereocenters. The van der Waals surface area contributed by atoms with E-state index in [0.29, 0.717) is 0 Å². The predicted molar refractivity (Wildman–Crippen MR) is 78.1 cm³/mol. The molecule has 0 bridgehead atoms. The van der Waals surface area contributed by atoms with E-state index in [9.17, 15) is 25.3 Å². The maximum atomic E-state index is 11.4. The molecule has 0 aliphatic rings. The minimum atomic E-state index is -5.37. The van der Waals surface area contributed by atoms with Crippen molar-refractivity contribution in [3.8, 4) is 0 Å². The highest BCUT2D eigenvalue weighted by Crippen LogP contribution is 2.41. The predicted octanol–water partition coefficient (Wildman–Crippen LogP) is -2.17. The SMILES string of the molecule is Cc1c([N+]#N)c(S(=O)(=O)O)c(S(=O)(=O)O)c(I)c1S(=O)(=O)O.[Br-]. The number of hydrogen-bond donors (Lipinski definition) is 3. The molecular weight excluding hydrogens is 559 g/mol. The molecule has 1 aromatic rings. The summed E-state index contributed by atoms with van der Waals surface area (Å²) in [6.07, 6.45) is 0. The smallest absolute Gasteiger partial charge is 0.411 e. The van der Waals surface area contributed by atoms with Crippen molar-refractivity contribution in [2.75, 3.05) is 0 Å². The van der Waals surface area contributed by atoms with Gasteiger partial charge < -0.3 is 17.0 Å². The van der Waals surface area contributed by atoms with E-state index in [4.69, 9.17) is 19.1 Å². The first-order valence-electron chi connectivity index (χ1n) is 4.77. The largest absolute Gasteiger partial charge is 1.00 e. The fourth-order valence-corrected chi connectivity index (χ4v) is 7.12. The van der Waals surface area contributed by atoms with Crippen molar-refractivity contribution in [2.45, 2.75) is 21.6 Å². The van der Waals surface area contributed by atoms with Gasteiger partial charge in [0.15, 0.2) is 4.98 Å². The van der Waals surface area contributed by atoms with Gasteiger partial charge in [-0.15, -0.1) is 0 Å². The molecule has 0 aliphatic heterocycles. The summed E-state index contributed by atoms with van der Waals surface area (Å²) in [7, 11) is -15.8. The molecule has 0 saturated heterocycles. The van der Waals surface area contributed by atoms with Gasteiger partial charge in [0, 0.05) is 0 Å². The van der Waals surface area contributed by atoms with Crippen LogP contribution in [0.15, 0.2) is 14.7 Å². The highest BCUT2D eigenvalue weighted by Gasteiger charge is 2.42. The van der Waals surface area contributed by atoms with Gasteiger partial charge in [0.2, 0.25) is 10.3 Å². The topological polar surface area (TPSA) is 191 Å². The van der Waals surface area contributed by atoms with E-state index in [0.717, 1.165) is 29.5 Å². The van der Waals surface area contributed by atoms with Gasteiger partial charge in [-0.1, -0.05) is 0 Å². The average Bonchev–Trinajstić information content (AvgIpc) is 2.22. The number of rotatable bonds is 3. The Kier molecular flexibility index (Phi) is 6.71. The Hall–Kier alpha value is -0.420. The Morgan fingerprint density at radius 3 is 1.48 bits per heavy atom. The summed E-state index contributed by atoms with van der Waals surface area (Å²) in [6, 6.07) is 0. The lowest BCUT2D eigenvalue weighted by molar-refractivity contribution is -0.0000169. The van der Waals surface area contributed by atoms with Crippen molar-refractivity contribution in [3.05, 3.63) is 14.1 Å². The van der Waals surface area contributed by atoms with Crippen molar-refractivity contribution < 1.29 is 55.9 Å². The van der Waals surface area contributed by atoms with Gasteiger partial charge in [-0.3, -0.25) is 13.7 Å². The van der Waals surface area contributed by atoms with Crippen LogP contribution in [0.3, 0.4) is 0 Å². The Labute approximate surface area is 154 Å². The number of hydrogen-bond acceptors (Lipinski definition) is 7. The zero-order valence-corrected chi connectivity index (χ0v) is 16.9.